The van der Waals surface area contributed by atoms with E-state index in [0.29, 0.717) is 30.4 Å². The summed E-state index contributed by atoms with van der Waals surface area (Å²) in [5.41, 5.74) is 0.670. The molecule has 1 saturated heterocycles. The Labute approximate surface area is 157 Å². The Bertz CT molecular complexity index is 822. The zero-order chi connectivity index (χ0) is 18.8. The molecule has 0 spiro atoms. The quantitative estimate of drug-likeness (QED) is 0.611. The number of carbonyl (C=O) groups is 1. The lowest BCUT2D eigenvalue weighted by Crippen LogP contribution is -2.51. The summed E-state index contributed by atoms with van der Waals surface area (Å²) in [6.45, 7) is 3.11. The SMILES string of the molecule is O=C(c1ccc(-n2ccnc2)c([N+](=O)[O-])c1)N1CCN(C2CCCC2)CC1. The largest absolute Gasteiger partial charge is 0.336 e. The average Bonchev–Trinajstić information content (AvgIpc) is 3.41. The van der Waals surface area contributed by atoms with Crippen LogP contribution in [0.5, 0.6) is 0 Å². The van der Waals surface area contributed by atoms with Gasteiger partial charge in [-0.15, -0.1) is 0 Å². The van der Waals surface area contributed by atoms with E-state index in [2.05, 4.69) is 9.88 Å². The van der Waals surface area contributed by atoms with Crippen LogP contribution >= 0.6 is 0 Å². The smallest absolute Gasteiger partial charge is 0.294 e. The van der Waals surface area contributed by atoms with Gasteiger partial charge in [0.2, 0.25) is 0 Å². The van der Waals surface area contributed by atoms with Crippen LogP contribution in [0.15, 0.2) is 36.9 Å². The fourth-order valence-corrected chi connectivity index (χ4v) is 4.16. The molecule has 142 valence electrons. The van der Waals surface area contributed by atoms with Gasteiger partial charge in [0.05, 0.1) is 11.3 Å². The van der Waals surface area contributed by atoms with Crippen LogP contribution in [0.3, 0.4) is 0 Å². The zero-order valence-corrected chi connectivity index (χ0v) is 15.2. The molecule has 8 nitrogen and oxygen atoms in total. The number of aromatic nitrogens is 2. The molecular weight excluding hydrogens is 346 g/mol. The summed E-state index contributed by atoms with van der Waals surface area (Å²) in [6.07, 6.45) is 9.84. The van der Waals surface area contributed by atoms with Crippen molar-refractivity contribution in [1.29, 1.82) is 0 Å². The molecule has 1 aliphatic heterocycles. The van der Waals surface area contributed by atoms with Crippen molar-refractivity contribution in [2.24, 2.45) is 0 Å². The van der Waals surface area contributed by atoms with Gasteiger partial charge in [0.25, 0.3) is 11.6 Å². The topological polar surface area (TPSA) is 84.5 Å². The van der Waals surface area contributed by atoms with Gasteiger partial charge in [0.1, 0.15) is 5.69 Å². The summed E-state index contributed by atoms with van der Waals surface area (Å²) in [5, 5.41) is 11.5. The molecule has 0 bridgehead atoms. The number of rotatable bonds is 4. The lowest BCUT2D eigenvalue weighted by molar-refractivity contribution is -0.384. The summed E-state index contributed by atoms with van der Waals surface area (Å²) in [6, 6.07) is 5.31. The van der Waals surface area contributed by atoms with E-state index in [0.717, 1.165) is 13.1 Å². The Hall–Kier alpha value is -2.74. The maximum absolute atomic E-state index is 12.9. The highest BCUT2D eigenvalue weighted by Gasteiger charge is 2.29. The van der Waals surface area contributed by atoms with Gasteiger partial charge < -0.3 is 9.47 Å². The Morgan fingerprint density at radius 3 is 2.52 bits per heavy atom. The molecular formula is C19H23N5O3. The number of carbonyl (C=O) groups excluding carboxylic acids is 1. The van der Waals surface area contributed by atoms with Crippen LogP contribution in [0, 0.1) is 10.1 Å². The average molecular weight is 369 g/mol. The number of piperazine rings is 1. The molecule has 1 aliphatic carbocycles. The predicted octanol–water partition coefficient (Wildman–Crippen LogP) is 2.48. The van der Waals surface area contributed by atoms with E-state index in [1.54, 1.807) is 34.0 Å². The molecule has 27 heavy (non-hydrogen) atoms. The summed E-state index contributed by atoms with van der Waals surface area (Å²) in [5.74, 6) is -0.138. The number of nitro benzene ring substituents is 1. The molecule has 2 aromatic rings. The predicted molar refractivity (Wildman–Crippen MR) is 100.0 cm³/mol. The van der Waals surface area contributed by atoms with Crippen molar-refractivity contribution in [2.45, 2.75) is 31.7 Å². The first-order valence-corrected chi connectivity index (χ1v) is 9.43. The van der Waals surface area contributed by atoms with E-state index in [-0.39, 0.29) is 11.6 Å². The van der Waals surface area contributed by atoms with Gasteiger partial charge in [0.15, 0.2) is 0 Å². The minimum absolute atomic E-state index is 0.0940. The van der Waals surface area contributed by atoms with Crippen molar-refractivity contribution >= 4 is 11.6 Å². The minimum atomic E-state index is -0.454. The Balaban J connectivity index is 1.49. The highest BCUT2D eigenvalue weighted by molar-refractivity contribution is 5.95. The summed E-state index contributed by atoms with van der Waals surface area (Å²) < 4.78 is 1.58. The Morgan fingerprint density at radius 2 is 1.89 bits per heavy atom. The molecule has 2 heterocycles. The second-order valence-electron chi connectivity index (χ2n) is 7.20. The van der Waals surface area contributed by atoms with Crippen LogP contribution in [-0.2, 0) is 0 Å². The fourth-order valence-electron chi connectivity index (χ4n) is 4.16. The summed E-state index contributed by atoms with van der Waals surface area (Å²) in [4.78, 5) is 32.1. The van der Waals surface area contributed by atoms with Crippen LogP contribution in [-0.4, -0.2) is 62.4 Å². The van der Waals surface area contributed by atoms with Crippen molar-refractivity contribution < 1.29 is 9.72 Å². The molecule has 4 rings (SSSR count). The molecule has 1 amide bonds. The van der Waals surface area contributed by atoms with Crippen molar-refractivity contribution in [1.82, 2.24) is 19.4 Å². The van der Waals surface area contributed by atoms with Gasteiger partial charge in [0, 0.05) is 56.2 Å². The maximum atomic E-state index is 12.9. The van der Waals surface area contributed by atoms with Crippen molar-refractivity contribution in [3.63, 3.8) is 0 Å². The monoisotopic (exact) mass is 369 g/mol. The summed E-state index contributed by atoms with van der Waals surface area (Å²) >= 11 is 0. The third-order valence-electron chi connectivity index (χ3n) is 5.64. The fraction of sp³-hybridized carbons (Fsp3) is 0.474. The van der Waals surface area contributed by atoms with Crippen LogP contribution in [0.2, 0.25) is 0 Å². The van der Waals surface area contributed by atoms with E-state index >= 15 is 0 Å². The van der Waals surface area contributed by atoms with Crippen LogP contribution in [0.1, 0.15) is 36.0 Å². The number of imidazole rings is 1. The molecule has 8 heteroatoms. The summed E-state index contributed by atoms with van der Waals surface area (Å²) in [7, 11) is 0. The second kappa shape index (κ2) is 7.48. The first-order chi connectivity index (χ1) is 13.1. The van der Waals surface area contributed by atoms with E-state index < -0.39 is 4.92 Å². The van der Waals surface area contributed by atoms with E-state index in [1.165, 1.54) is 38.1 Å². The number of nitro groups is 1. The molecule has 1 aromatic carbocycles. The first kappa shape index (κ1) is 17.7. The normalized spacial score (nSPS) is 18.7. The van der Waals surface area contributed by atoms with Crippen molar-refractivity contribution in [2.75, 3.05) is 26.2 Å². The van der Waals surface area contributed by atoms with Gasteiger partial charge in [-0.1, -0.05) is 12.8 Å². The number of amides is 1. The number of hydrogen-bond acceptors (Lipinski definition) is 5. The Kier molecular flexibility index (Phi) is 4.89. The first-order valence-electron chi connectivity index (χ1n) is 9.43. The lowest BCUT2D eigenvalue weighted by Gasteiger charge is -2.38. The van der Waals surface area contributed by atoms with Gasteiger partial charge in [-0.25, -0.2) is 4.98 Å². The number of hydrogen-bond donors (Lipinski definition) is 0. The minimum Gasteiger partial charge on any atom is -0.336 e. The molecule has 0 unspecified atom stereocenters. The van der Waals surface area contributed by atoms with E-state index in [4.69, 9.17) is 0 Å². The molecule has 0 radical (unpaired) electrons. The van der Waals surface area contributed by atoms with E-state index in [1.807, 2.05) is 0 Å². The highest BCUT2D eigenvalue weighted by Crippen LogP contribution is 2.27. The molecule has 0 atom stereocenters. The van der Waals surface area contributed by atoms with Crippen molar-refractivity contribution in [3.8, 4) is 5.69 Å². The molecule has 0 N–H and O–H groups in total. The van der Waals surface area contributed by atoms with Crippen LogP contribution in [0.25, 0.3) is 5.69 Å². The zero-order valence-electron chi connectivity index (χ0n) is 15.2. The number of nitrogens with zero attached hydrogens (tertiary/aromatic N) is 5. The number of benzene rings is 1. The molecule has 2 aliphatic rings. The van der Waals surface area contributed by atoms with E-state index in [9.17, 15) is 14.9 Å². The second-order valence-corrected chi connectivity index (χ2v) is 7.20. The van der Waals surface area contributed by atoms with Gasteiger partial charge in [-0.2, -0.15) is 0 Å². The van der Waals surface area contributed by atoms with Crippen LogP contribution < -0.4 is 0 Å². The lowest BCUT2D eigenvalue weighted by atomic mass is 10.1. The Morgan fingerprint density at radius 1 is 1.15 bits per heavy atom. The maximum Gasteiger partial charge on any atom is 0.294 e. The molecule has 2 fully saturated rings. The molecule has 1 saturated carbocycles. The van der Waals surface area contributed by atoms with Gasteiger partial charge in [-0.05, 0) is 25.0 Å². The standard InChI is InChI=1S/C19H23N5O3/c25-19(22-11-9-21(10-12-22)16-3-1-2-4-16)15-5-6-17(18(13-15)24(26)27)23-8-7-20-14-23/h5-8,13-14,16H,1-4,9-12H2. The molecule has 1 aromatic heterocycles. The van der Waals surface area contributed by atoms with Crippen molar-refractivity contribution in [3.05, 3.63) is 52.6 Å². The van der Waals surface area contributed by atoms with Crippen LogP contribution in [0.4, 0.5) is 5.69 Å². The highest BCUT2D eigenvalue weighted by atomic mass is 16.6. The third-order valence-corrected chi connectivity index (χ3v) is 5.64. The van der Waals surface area contributed by atoms with Gasteiger partial charge >= 0.3 is 0 Å². The third kappa shape index (κ3) is 3.57. The van der Waals surface area contributed by atoms with Gasteiger partial charge in [-0.3, -0.25) is 19.8 Å².